The Bertz CT molecular complexity index is 1250. The van der Waals surface area contributed by atoms with Crippen LogP contribution in [0.2, 0.25) is 0 Å². The van der Waals surface area contributed by atoms with E-state index >= 15 is 0 Å². The van der Waals surface area contributed by atoms with E-state index in [1.807, 2.05) is 23.7 Å². The fraction of sp³-hybridized carbons (Fsp3) is 0.478. The van der Waals surface area contributed by atoms with E-state index in [0.717, 1.165) is 42.1 Å². The number of fused-ring (bicyclic) bond motifs is 3. The zero-order valence-corrected chi connectivity index (χ0v) is 17.6. The number of carboxylic acids is 1. The number of aromatic amines is 1. The highest BCUT2D eigenvalue weighted by atomic mass is 16.4. The quantitative estimate of drug-likeness (QED) is 0.674. The molecular weight excluding hydrogens is 396 g/mol. The van der Waals surface area contributed by atoms with E-state index in [0.29, 0.717) is 35.9 Å². The molecule has 0 spiro atoms. The molecule has 31 heavy (non-hydrogen) atoms. The van der Waals surface area contributed by atoms with Gasteiger partial charge in [0.2, 0.25) is 0 Å². The molecule has 0 bridgehead atoms. The second-order valence-corrected chi connectivity index (χ2v) is 8.89. The summed E-state index contributed by atoms with van der Waals surface area (Å²) in [5.41, 5.74) is 2.60. The molecule has 2 aliphatic rings. The van der Waals surface area contributed by atoms with Gasteiger partial charge in [0.05, 0.1) is 34.6 Å². The summed E-state index contributed by atoms with van der Waals surface area (Å²) in [4.78, 5) is 42.0. The molecule has 0 radical (unpaired) electrons. The van der Waals surface area contributed by atoms with Crippen molar-refractivity contribution in [1.82, 2.24) is 19.7 Å². The van der Waals surface area contributed by atoms with Crippen molar-refractivity contribution in [3.8, 4) is 0 Å². The molecule has 162 valence electrons. The first-order valence-corrected chi connectivity index (χ1v) is 11.0. The Morgan fingerprint density at radius 3 is 2.65 bits per heavy atom. The minimum Gasteiger partial charge on any atom is -0.481 e. The third-order valence-electron chi connectivity index (χ3n) is 6.87. The van der Waals surface area contributed by atoms with Gasteiger partial charge in [-0.05, 0) is 50.3 Å². The number of piperidine rings is 1. The lowest BCUT2D eigenvalue weighted by atomic mass is 9.96. The summed E-state index contributed by atoms with van der Waals surface area (Å²) in [6.07, 6.45) is 7.26. The monoisotopic (exact) mass is 422 g/mol. The van der Waals surface area contributed by atoms with Crippen LogP contribution in [-0.4, -0.2) is 49.7 Å². The number of benzene rings is 1. The number of rotatable bonds is 3. The van der Waals surface area contributed by atoms with Crippen LogP contribution in [0.3, 0.4) is 0 Å². The number of hydrogen-bond acceptors (Lipinski definition) is 4. The van der Waals surface area contributed by atoms with Gasteiger partial charge in [-0.2, -0.15) is 5.10 Å². The average molecular weight is 422 g/mol. The predicted octanol–water partition coefficient (Wildman–Crippen LogP) is 3.24. The smallest absolute Gasteiger partial charge is 0.308 e. The SMILES string of the molecule is Cc1cc2[nH]c(=O)c3cnn(C4CCCC4)c3c2cc1C(=O)N1CCC[C@H](C(=O)O)C1. The molecule has 1 aliphatic carbocycles. The maximum atomic E-state index is 13.4. The molecule has 2 N–H and O–H groups in total. The minimum atomic E-state index is -0.854. The van der Waals surface area contributed by atoms with E-state index in [9.17, 15) is 19.5 Å². The zero-order valence-electron chi connectivity index (χ0n) is 17.6. The molecule has 5 rings (SSSR count). The van der Waals surface area contributed by atoms with Crippen LogP contribution in [0.25, 0.3) is 21.8 Å². The Hall–Kier alpha value is -3.16. The van der Waals surface area contributed by atoms with Crippen molar-refractivity contribution in [3.63, 3.8) is 0 Å². The van der Waals surface area contributed by atoms with Gasteiger partial charge >= 0.3 is 5.97 Å². The van der Waals surface area contributed by atoms with Gasteiger partial charge in [0.25, 0.3) is 11.5 Å². The van der Waals surface area contributed by atoms with Gasteiger partial charge in [-0.15, -0.1) is 0 Å². The summed E-state index contributed by atoms with van der Waals surface area (Å²) in [7, 11) is 0. The van der Waals surface area contributed by atoms with E-state index in [1.54, 1.807) is 11.1 Å². The molecule has 2 aromatic heterocycles. The maximum Gasteiger partial charge on any atom is 0.308 e. The van der Waals surface area contributed by atoms with Gasteiger partial charge in [0, 0.05) is 24.0 Å². The first-order chi connectivity index (χ1) is 14.9. The van der Waals surface area contributed by atoms with Crippen LogP contribution >= 0.6 is 0 Å². The number of aliphatic carboxylic acids is 1. The number of hydrogen-bond donors (Lipinski definition) is 2. The first kappa shape index (κ1) is 19.8. The van der Waals surface area contributed by atoms with Gasteiger partial charge < -0.3 is 15.0 Å². The molecule has 3 heterocycles. The maximum absolute atomic E-state index is 13.4. The summed E-state index contributed by atoms with van der Waals surface area (Å²) in [6.45, 7) is 2.63. The number of carbonyl (C=O) groups is 2. The molecule has 1 saturated heterocycles. The average Bonchev–Trinajstić information content (AvgIpc) is 3.43. The largest absolute Gasteiger partial charge is 0.481 e. The Balaban J connectivity index is 1.63. The van der Waals surface area contributed by atoms with E-state index in [1.165, 1.54) is 0 Å². The van der Waals surface area contributed by atoms with Crippen LogP contribution in [0.1, 0.15) is 60.5 Å². The van der Waals surface area contributed by atoms with Crippen LogP contribution in [0.4, 0.5) is 0 Å². The molecule has 1 amide bonds. The lowest BCUT2D eigenvalue weighted by Gasteiger charge is -2.31. The van der Waals surface area contributed by atoms with Gasteiger partial charge in [-0.25, -0.2) is 0 Å². The van der Waals surface area contributed by atoms with Crippen molar-refractivity contribution >= 4 is 33.7 Å². The molecule has 2 fully saturated rings. The number of H-pyrrole nitrogens is 1. The Labute approximate surface area is 178 Å². The molecule has 1 aromatic carbocycles. The molecule has 0 unspecified atom stereocenters. The number of carboxylic acid groups (broad SMARTS) is 1. The van der Waals surface area contributed by atoms with Crippen molar-refractivity contribution in [2.24, 2.45) is 5.92 Å². The van der Waals surface area contributed by atoms with E-state index in [2.05, 4.69) is 10.1 Å². The third kappa shape index (κ3) is 3.30. The second kappa shape index (κ2) is 7.51. The molecule has 3 aromatic rings. The van der Waals surface area contributed by atoms with Crippen molar-refractivity contribution in [2.75, 3.05) is 13.1 Å². The lowest BCUT2D eigenvalue weighted by molar-refractivity contribution is -0.143. The third-order valence-corrected chi connectivity index (χ3v) is 6.87. The molecule has 8 nitrogen and oxygen atoms in total. The fourth-order valence-corrected chi connectivity index (χ4v) is 5.18. The van der Waals surface area contributed by atoms with Crippen molar-refractivity contribution in [1.29, 1.82) is 0 Å². The van der Waals surface area contributed by atoms with Gasteiger partial charge in [0.1, 0.15) is 0 Å². The van der Waals surface area contributed by atoms with Crippen molar-refractivity contribution < 1.29 is 14.7 Å². The summed E-state index contributed by atoms with van der Waals surface area (Å²) < 4.78 is 1.96. The molecule has 8 heteroatoms. The number of aromatic nitrogens is 3. The lowest BCUT2D eigenvalue weighted by Crippen LogP contribution is -2.42. The van der Waals surface area contributed by atoms with Gasteiger partial charge in [0.15, 0.2) is 0 Å². The number of amides is 1. The predicted molar refractivity (Wildman–Crippen MR) is 116 cm³/mol. The summed E-state index contributed by atoms with van der Waals surface area (Å²) >= 11 is 0. The molecule has 1 saturated carbocycles. The summed E-state index contributed by atoms with van der Waals surface area (Å²) in [5, 5.41) is 15.3. The van der Waals surface area contributed by atoms with Gasteiger partial charge in [-0.1, -0.05) is 12.8 Å². The van der Waals surface area contributed by atoms with Crippen molar-refractivity contribution in [3.05, 3.63) is 39.8 Å². The summed E-state index contributed by atoms with van der Waals surface area (Å²) in [5.74, 6) is -1.53. The normalized spacial score (nSPS) is 20.0. The first-order valence-electron chi connectivity index (χ1n) is 11.0. The standard InChI is InChI=1S/C23H26N4O4/c1-13-9-19-17(10-16(13)22(29)26-8-4-5-14(12-26)23(30)31)20-18(21(28)25-19)11-24-27(20)15-6-2-3-7-15/h9-11,14-15H,2-8,12H2,1H3,(H,25,28)(H,30,31)/t14-/m0/s1. The van der Waals surface area contributed by atoms with Gasteiger partial charge in [-0.3, -0.25) is 19.1 Å². The number of aryl methyl sites for hydroxylation is 1. The summed E-state index contributed by atoms with van der Waals surface area (Å²) in [6, 6.07) is 3.96. The highest BCUT2D eigenvalue weighted by Crippen LogP contribution is 2.34. The van der Waals surface area contributed by atoms with Crippen LogP contribution in [0.15, 0.2) is 23.1 Å². The number of nitrogens with one attached hydrogen (secondary N) is 1. The Kier molecular flexibility index (Phi) is 4.79. The Morgan fingerprint density at radius 2 is 1.90 bits per heavy atom. The van der Waals surface area contributed by atoms with E-state index in [4.69, 9.17) is 0 Å². The number of pyridine rings is 1. The van der Waals surface area contributed by atoms with E-state index < -0.39 is 11.9 Å². The highest BCUT2D eigenvalue weighted by molar-refractivity contribution is 6.07. The Morgan fingerprint density at radius 1 is 1.13 bits per heavy atom. The number of carbonyl (C=O) groups excluding carboxylic acids is 1. The van der Waals surface area contributed by atoms with Crippen LogP contribution < -0.4 is 5.56 Å². The topological polar surface area (TPSA) is 108 Å². The molecule has 1 atom stereocenters. The minimum absolute atomic E-state index is 0.156. The number of likely N-dealkylation sites (tertiary alicyclic amines) is 1. The van der Waals surface area contributed by atoms with Crippen LogP contribution in [-0.2, 0) is 4.79 Å². The molecular formula is C23H26N4O4. The second-order valence-electron chi connectivity index (χ2n) is 8.89. The van der Waals surface area contributed by atoms with Crippen LogP contribution in [0, 0.1) is 12.8 Å². The highest BCUT2D eigenvalue weighted by Gasteiger charge is 2.30. The van der Waals surface area contributed by atoms with Crippen molar-refractivity contribution in [2.45, 2.75) is 51.5 Å². The zero-order chi connectivity index (χ0) is 21.7. The van der Waals surface area contributed by atoms with E-state index in [-0.39, 0.29) is 24.1 Å². The fourth-order valence-electron chi connectivity index (χ4n) is 5.18. The molecule has 1 aliphatic heterocycles. The number of nitrogens with zero attached hydrogens (tertiary/aromatic N) is 3. The van der Waals surface area contributed by atoms with Crippen LogP contribution in [0.5, 0.6) is 0 Å².